The van der Waals surface area contributed by atoms with E-state index in [2.05, 4.69) is 31.2 Å². The van der Waals surface area contributed by atoms with Crippen molar-refractivity contribution in [1.82, 2.24) is 4.90 Å². The van der Waals surface area contributed by atoms with Crippen LogP contribution in [0.25, 0.3) is 0 Å². The third kappa shape index (κ3) is 4.02. The van der Waals surface area contributed by atoms with Crippen LogP contribution in [0.3, 0.4) is 0 Å². The van der Waals surface area contributed by atoms with Crippen LogP contribution in [-0.4, -0.2) is 29.1 Å². The molecule has 1 aromatic rings. The topological polar surface area (TPSA) is 20.3 Å². The number of hydrogen-bond donors (Lipinski definition) is 0. The lowest BCUT2D eigenvalue weighted by atomic mass is 9.94. The molecule has 2 nitrogen and oxygen atoms in total. The van der Waals surface area contributed by atoms with Gasteiger partial charge in [-0.1, -0.05) is 37.0 Å². The smallest absolute Gasteiger partial charge is 0.235 e. The van der Waals surface area contributed by atoms with Crippen LogP contribution < -0.4 is 0 Å². The highest BCUT2D eigenvalue weighted by Crippen LogP contribution is 2.27. The molecule has 3 heteroatoms. The number of nitrogens with zero attached hydrogens (tertiary/aromatic N) is 1. The maximum absolute atomic E-state index is 12.5. The molecule has 0 spiro atoms. The van der Waals surface area contributed by atoms with Crippen LogP contribution in [0.1, 0.15) is 44.6 Å². The Bertz CT molecular complexity index is 437. The summed E-state index contributed by atoms with van der Waals surface area (Å²) in [6, 6.07) is 8.86. The fourth-order valence-electron chi connectivity index (χ4n) is 2.81. The van der Waals surface area contributed by atoms with Gasteiger partial charge in [-0.25, -0.2) is 0 Å². The Balaban J connectivity index is 1.92. The maximum atomic E-state index is 12.5. The van der Waals surface area contributed by atoms with Gasteiger partial charge in [0.15, 0.2) is 0 Å². The van der Waals surface area contributed by atoms with Crippen LogP contribution in [-0.2, 0) is 4.79 Å². The van der Waals surface area contributed by atoms with Gasteiger partial charge in [0, 0.05) is 18.0 Å². The molecule has 0 heterocycles. The molecule has 1 aliphatic carbocycles. The molecule has 110 valence electrons. The first kappa shape index (κ1) is 15.4. The molecule has 0 unspecified atom stereocenters. The normalized spacial score (nSPS) is 17.8. The Labute approximate surface area is 126 Å². The van der Waals surface area contributed by atoms with Crippen molar-refractivity contribution in [1.29, 1.82) is 0 Å². The minimum absolute atomic E-state index is 0.00960. The van der Waals surface area contributed by atoms with Crippen molar-refractivity contribution in [2.75, 3.05) is 7.05 Å². The number of benzene rings is 1. The zero-order valence-electron chi connectivity index (χ0n) is 12.8. The summed E-state index contributed by atoms with van der Waals surface area (Å²) in [6.07, 6.45) is 6.20. The highest BCUT2D eigenvalue weighted by Gasteiger charge is 2.25. The fraction of sp³-hybridized carbons (Fsp3) is 0.588. The van der Waals surface area contributed by atoms with Gasteiger partial charge in [0.1, 0.15) is 0 Å². The molecule has 0 bridgehead atoms. The minimum Gasteiger partial charge on any atom is -0.342 e. The summed E-state index contributed by atoms with van der Waals surface area (Å²) in [5.74, 6) is 0.266. The molecule has 20 heavy (non-hydrogen) atoms. The number of carbonyl (C=O) groups excluding carboxylic acids is 1. The van der Waals surface area contributed by atoms with E-state index in [9.17, 15) is 4.79 Å². The second-order valence-corrected chi connectivity index (χ2v) is 7.23. The van der Waals surface area contributed by atoms with Crippen molar-refractivity contribution >= 4 is 17.7 Å². The molecule has 1 atom stereocenters. The van der Waals surface area contributed by atoms with E-state index in [-0.39, 0.29) is 11.2 Å². The maximum Gasteiger partial charge on any atom is 0.235 e. The first-order valence-corrected chi connectivity index (χ1v) is 8.46. The van der Waals surface area contributed by atoms with E-state index in [0.717, 1.165) is 0 Å². The SMILES string of the molecule is Cc1ccc(S[C@@H](C)C(=O)N(C)C2CCCCC2)cc1. The monoisotopic (exact) mass is 291 g/mol. The summed E-state index contributed by atoms with van der Waals surface area (Å²) >= 11 is 1.66. The Kier molecular flexibility index (Phi) is 5.53. The molecule has 0 N–H and O–H groups in total. The number of rotatable bonds is 4. The minimum atomic E-state index is -0.00960. The summed E-state index contributed by atoms with van der Waals surface area (Å²) in [7, 11) is 1.98. The lowest BCUT2D eigenvalue weighted by Gasteiger charge is -2.32. The standard InChI is InChI=1S/C17H25NOS/c1-13-9-11-16(12-10-13)20-14(2)17(19)18(3)15-7-5-4-6-8-15/h9-12,14-15H,4-8H2,1-3H3/t14-/m0/s1. The molecule has 1 fully saturated rings. The van der Waals surface area contributed by atoms with E-state index < -0.39 is 0 Å². The van der Waals surface area contributed by atoms with Gasteiger partial charge >= 0.3 is 0 Å². The quantitative estimate of drug-likeness (QED) is 0.772. The molecule has 1 aromatic carbocycles. The third-order valence-electron chi connectivity index (χ3n) is 4.15. The lowest BCUT2D eigenvalue weighted by molar-refractivity contribution is -0.131. The number of hydrogen-bond acceptors (Lipinski definition) is 2. The summed E-state index contributed by atoms with van der Waals surface area (Å²) < 4.78 is 0. The first-order valence-electron chi connectivity index (χ1n) is 7.58. The van der Waals surface area contributed by atoms with Crippen molar-refractivity contribution in [3.8, 4) is 0 Å². The summed E-state index contributed by atoms with van der Waals surface area (Å²) in [5.41, 5.74) is 1.26. The fourth-order valence-corrected chi connectivity index (χ4v) is 3.77. The molecular formula is C17H25NOS. The van der Waals surface area contributed by atoms with Gasteiger partial charge in [-0.2, -0.15) is 0 Å². The van der Waals surface area contributed by atoms with E-state index in [1.54, 1.807) is 11.8 Å². The van der Waals surface area contributed by atoms with Gasteiger partial charge in [-0.3, -0.25) is 4.79 Å². The number of amides is 1. The van der Waals surface area contributed by atoms with E-state index in [1.807, 2.05) is 18.9 Å². The molecule has 0 aliphatic heterocycles. The Morgan fingerprint density at radius 2 is 1.80 bits per heavy atom. The molecule has 0 aromatic heterocycles. The van der Waals surface area contributed by atoms with Gasteiger partial charge in [0.2, 0.25) is 5.91 Å². The van der Waals surface area contributed by atoms with E-state index in [1.165, 1.54) is 42.6 Å². The van der Waals surface area contributed by atoms with Crippen LogP contribution in [0.4, 0.5) is 0 Å². The van der Waals surface area contributed by atoms with Gasteiger partial charge in [-0.15, -0.1) is 11.8 Å². The summed E-state index contributed by atoms with van der Waals surface area (Å²) in [6.45, 7) is 4.10. The molecule has 2 rings (SSSR count). The lowest BCUT2D eigenvalue weighted by Crippen LogP contribution is -2.42. The van der Waals surface area contributed by atoms with E-state index in [4.69, 9.17) is 0 Å². The molecule has 1 saturated carbocycles. The average Bonchev–Trinajstić information content (AvgIpc) is 2.49. The van der Waals surface area contributed by atoms with Crippen LogP contribution in [0.2, 0.25) is 0 Å². The summed E-state index contributed by atoms with van der Waals surface area (Å²) in [4.78, 5) is 15.7. The molecule has 1 amide bonds. The van der Waals surface area contributed by atoms with Gasteiger partial charge in [0.05, 0.1) is 5.25 Å². The largest absolute Gasteiger partial charge is 0.342 e. The molecular weight excluding hydrogens is 266 g/mol. The predicted molar refractivity (Wildman–Crippen MR) is 86.1 cm³/mol. The van der Waals surface area contributed by atoms with Crippen LogP contribution in [0.5, 0.6) is 0 Å². The van der Waals surface area contributed by atoms with Gasteiger partial charge in [0.25, 0.3) is 0 Å². The predicted octanol–water partition coefficient (Wildman–Crippen LogP) is 4.27. The Morgan fingerprint density at radius 1 is 1.20 bits per heavy atom. The van der Waals surface area contributed by atoms with Crippen LogP contribution >= 0.6 is 11.8 Å². The zero-order valence-corrected chi connectivity index (χ0v) is 13.6. The van der Waals surface area contributed by atoms with Gasteiger partial charge < -0.3 is 4.90 Å². The van der Waals surface area contributed by atoms with E-state index >= 15 is 0 Å². The highest BCUT2D eigenvalue weighted by atomic mass is 32.2. The van der Waals surface area contributed by atoms with Gasteiger partial charge in [-0.05, 0) is 38.8 Å². The highest BCUT2D eigenvalue weighted by molar-refractivity contribution is 8.00. The second-order valence-electron chi connectivity index (χ2n) is 5.81. The zero-order chi connectivity index (χ0) is 14.5. The number of aryl methyl sites for hydroxylation is 1. The third-order valence-corrected chi connectivity index (χ3v) is 5.25. The Hall–Kier alpha value is -0.960. The summed E-state index contributed by atoms with van der Waals surface area (Å²) in [5, 5.41) is -0.00960. The van der Waals surface area contributed by atoms with Crippen molar-refractivity contribution in [3.05, 3.63) is 29.8 Å². The number of carbonyl (C=O) groups is 1. The Morgan fingerprint density at radius 3 is 2.40 bits per heavy atom. The second kappa shape index (κ2) is 7.16. The van der Waals surface area contributed by atoms with Crippen LogP contribution in [0.15, 0.2) is 29.2 Å². The first-order chi connectivity index (χ1) is 9.58. The molecule has 0 radical (unpaired) electrons. The van der Waals surface area contributed by atoms with E-state index in [0.29, 0.717) is 6.04 Å². The average molecular weight is 291 g/mol. The molecule has 0 saturated heterocycles. The number of thioether (sulfide) groups is 1. The van der Waals surface area contributed by atoms with Crippen LogP contribution in [0, 0.1) is 6.92 Å². The molecule has 1 aliphatic rings. The van der Waals surface area contributed by atoms with Crippen molar-refractivity contribution in [3.63, 3.8) is 0 Å². The van der Waals surface area contributed by atoms with Crippen molar-refractivity contribution in [2.24, 2.45) is 0 Å². The van der Waals surface area contributed by atoms with Crippen molar-refractivity contribution < 1.29 is 4.79 Å². The van der Waals surface area contributed by atoms with Crippen molar-refractivity contribution in [2.45, 2.75) is 62.1 Å².